The zero-order valence-electron chi connectivity index (χ0n) is 78.2. The summed E-state index contributed by atoms with van der Waals surface area (Å²) < 4.78 is 0. The smallest absolute Gasteiger partial charge is 0.312 e. The van der Waals surface area contributed by atoms with Crippen LogP contribution in [-0.4, -0.2) is 313 Å². The van der Waals surface area contributed by atoms with Crippen molar-refractivity contribution in [3.8, 4) is 11.5 Å². The maximum absolute atomic E-state index is 16.0. The minimum atomic E-state index is -1.86. The van der Waals surface area contributed by atoms with Gasteiger partial charge in [0.25, 0.3) is 0 Å². The Morgan fingerprint density at radius 1 is 0.482 bits per heavy atom. The van der Waals surface area contributed by atoms with Crippen molar-refractivity contribution < 1.29 is 92.0 Å². The first-order chi connectivity index (χ1) is 66.1. The summed E-state index contributed by atoms with van der Waals surface area (Å²) in [7, 11) is 8.34. The van der Waals surface area contributed by atoms with Gasteiger partial charge < -0.3 is 155 Å². The Kier molecular flexibility index (Phi) is 48.0. The molecule has 4 aromatic carbocycles. The molecule has 0 aromatic heterocycles. The van der Waals surface area contributed by atoms with Crippen LogP contribution in [0.1, 0.15) is 126 Å². The number of aliphatic carboxylic acids is 1. The summed E-state index contributed by atoms with van der Waals surface area (Å²) >= 11 is 0. The van der Waals surface area contributed by atoms with Crippen LogP contribution >= 0.6 is 21.6 Å². The molecule has 139 heavy (non-hydrogen) atoms. The molecule has 0 aliphatic carbocycles. The molecule has 49 nitrogen and oxygen atoms in total. The normalized spacial score (nSPS) is 20.2. The number of primary amides is 3. The lowest BCUT2D eigenvalue weighted by atomic mass is 10.00. The van der Waals surface area contributed by atoms with Gasteiger partial charge in [0.05, 0.1) is 0 Å². The molecule has 36 N–H and O–H groups in total. The van der Waals surface area contributed by atoms with Crippen LogP contribution in [0.15, 0.2) is 96.0 Å². The van der Waals surface area contributed by atoms with Crippen molar-refractivity contribution in [1.29, 1.82) is 16.2 Å². The van der Waals surface area contributed by atoms with Gasteiger partial charge in [0.15, 0.2) is 23.8 Å². The van der Waals surface area contributed by atoms with Gasteiger partial charge in [0.2, 0.25) is 76.8 Å². The van der Waals surface area contributed by atoms with E-state index in [1.54, 1.807) is 62.3 Å². The summed E-state index contributed by atoms with van der Waals surface area (Å²) in [5.41, 5.74) is 40.7. The molecule has 17 amide bonds. The number of carboxylic acid groups (broad SMARTS) is 1. The van der Waals surface area contributed by atoms with Gasteiger partial charge in [-0.25, -0.2) is 14.6 Å². The molecule has 0 radical (unpaired) electrons. The van der Waals surface area contributed by atoms with Crippen molar-refractivity contribution in [3.05, 3.63) is 108 Å². The highest BCUT2D eigenvalue weighted by molar-refractivity contribution is 8.76. The number of rotatable bonds is 41. The molecule has 51 heteroatoms. The second kappa shape index (κ2) is 58.9. The first kappa shape index (κ1) is 113. The summed E-state index contributed by atoms with van der Waals surface area (Å²) in [4.78, 5) is 244. The summed E-state index contributed by atoms with van der Waals surface area (Å²) in [5, 5.41) is 98.1. The van der Waals surface area contributed by atoms with Crippen LogP contribution in [0.25, 0.3) is 10.8 Å². The maximum Gasteiger partial charge on any atom is 0.312 e. The monoisotopic (exact) mass is 1980 g/mol. The van der Waals surface area contributed by atoms with E-state index in [0.717, 1.165) is 37.3 Å². The van der Waals surface area contributed by atoms with Crippen molar-refractivity contribution >= 4 is 151 Å². The molecule has 0 bridgehead atoms. The number of unbranched alkanes of at least 4 members (excludes halogenated alkanes) is 1. The zero-order valence-corrected chi connectivity index (χ0v) is 79.8. The molecule has 6 rings (SSSR count). The molecule has 0 unspecified atom stereocenters. The van der Waals surface area contributed by atoms with E-state index in [-0.39, 0.29) is 178 Å². The lowest BCUT2D eigenvalue weighted by Gasteiger charge is -2.31. The van der Waals surface area contributed by atoms with Crippen LogP contribution in [0.4, 0.5) is 9.59 Å². The molecule has 4 aromatic rings. The van der Waals surface area contributed by atoms with Gasteiger partial charge in [0, 0.05) is 105 Å². The lowest BCUT2D eigenvalue weighted by molar-refractivity contribution is -0.143. The van der Waals surface area contributed by atoms with E-state index in [0.29, 0.717) is 17.1 Å². The Morgan fingerprint density at radius 2 is 0.921 bits per heavy atom. The predicted octanol–water partition coefficient (Wildman–Crippen LogP) is -4.99. The number of aliphatic imine (C=N–C) groups is 1. The van der Waals surface area contributed by atoms with E-state index >= 15 is 57.5 Å². The van der Waals surface area contributed by atoms with E-state index in [1.807, 2.05) is 18.2 Å². The molecule has 13 atom stereocenters. The minimum absolute atomic E-state index is 0.0123. The highest BCUT2D eigenvalue weighted by atomic mass is 33.1. The van der Waals surface area contributed by atoms with E-state index in [9.17, 15) is 34.5 Å². The van der Waals surface area contributed by atoms with Crippen molar-refractivity contribution in [3.63, 3.8) is 0 Å². The average Bonchev–Trinajstić information content (AvgIpc) is 1.73. The summed E-state index contributed by atoms with van der Waals surface area (Å²) in [6.45, 7) is -0.474. The maximum atomic E-state index is 16.0. The largest absolute Gasteiger partial charge is 0.508 e. The van der Waals surface area contributed by atoms with Crippen molar-refractivity contribution in [2.45, 2.75) is 207 Å². The number of hydrogen-bond acceptors (Lipinski definition) is 25. The Morgan fingerprint density at radius 3 is 1.40 bits per heavy atom. The lowest BCUT2D eigenvalue weighted by Crippen LogP contribution is -2.61. The fraction of sp³-hybridized carbons (Fsp3) is 0.523. The number of aromatic hydroxyl groups is 2. The van der Waals surface area contributed by atoms with E-state index in [1.165, 1.54) is 48.5 Å². The SMILES string of the molecule is CN(C)C(=N[C@@H](CCCNC(=N)N)C(=O)N[C@@H](Cc1ccc2ccccc2c1)C(=O)N[C@H]1CSSC[C@@H](C(=O)N[C@@H](CCCNC(=N)N)C(N)=O)NC(=O)[C@H](CCCNC(N)=O)NC(=O)[C@H](CCCNC(=N)N)NC(=O)[C@H](Cc2ccc(O)cc2)NC(=O)[C@@H]2CCCN2C(=O)[C@@H](CCC(=O)O)NC(=O)[C@H](CCCCN)NC(=O)[C@H](CCCNC(N)=O)NC(=O)[C@H](Cc2ccc(O)cc2)NC1=O)N(C)C. The highest BCUT2D eigenvalue weighted by Gasteiger charge is 2.43. The van der Waals surface area contributed by atoms with E-state index in [2.05, 4.69) is 85.1 Å². The Balaban J connectivity index is 1.62. The van der Waals surface area contributed by atoms with Crippen molar-refractivity contribution in [2.24, 2.45) is 45.1 Å². The molecule has 762 valence electrons. The third-order valence-corrected chi connectivity index (χ3v) is 24.6. The quantitative estimate of drug-likeness (QED) is 0.00856. The third kappa shape index (κ3) is 40.8. The Hall–Kier alpha value is -14.4. The van der Waals surface area contributed by atoms with Gasteiger partial charge in [-0.3, -0.25) is 83.4 Å². The molecule has 2 aliphatic heterocycles. The number of benzene rings is 4. The van der Waals surface area contributed by atoms with Crippen LogP contribution in [0.2, 0.25) is 0 Å². The second-order valence-corrected chi connectivity index (χ2v) is 36.3. The summed E-state index contributed by atoms with van der Waals surface area (Å²) in [5.74, 6) is -17.4. The van der Waals surface area contributed by atoms with Gasteiger partial charge in [-0.2, -0.15) is 0 Å². The Labute approximate surface area is 811 Å². The molecule has 2 heterocycles. The number of hydrogen-bond donors (Lipinski definition) is 29. The van der Waals surface area contributed by atoms with Gasteiger partial charge >= 0.3 is 18.0 Å². The van der Waals surface area contributed by atoms with Gasteiger partial charge in [-0.15, -0.1) is 0 Å². The molecule has 2 saturated heterocycles. The topological polar surface area (TPSA) is 802 Å². The number of carbonyl (C=O) groups excluding carboxylic acids is 15. The molecule has 2 aliphatic rings. The fourth-order valence-electron chi connectivity index (χ4n) is 15.1. The van der Waals surface area contributed by atoms with Crippen LogP contribution in [0.5, 0.6) is 11.5 Å². The number of carbonyl (C=O) groups is 16. The number of fused-ring (bicyclic) bond motifs is 2. The number of urea groups is 2. The zero-order chi connectivity index (χ0) is 102. The Bertz CT molecular complexity index is 4920. The first-order valence-electron chi connectivity index (χ1n) is 45.5. The number of carboxylic acids is 1. The number of guanidine groups is 4. The van der Waals surface area contributed by atoms with Gasteiger partial charge in [-0.05, 0) is 161 Å². The van der Waals surface area contributed by atoms with E-state index in [4.69, 9.17) is 61.4 Å². The van der Waals surface area contributed by atoms with Crippen molar-refractivity contribution in [1.82, 2.24) is 99.8 Å². The van der Waals surface area contributed by atoms with Gasteiger partial charge in [-0.1, -0.05) is 88.3 Å². The van der Waals surface area contributed by atoms with E-state index < -0.39 is 216 Å². The summed E-state index contributed by atoms with van der Waals surface area (Å²) in [6.07, 6.45) is -3.51. The van der Waals surface area contributed by atoms with Gasteiger partial charge in [0.1, 0.15) is 90.0 Å². The second-order valence-electron chi connectivity index (χ2n) is 33.7. The molecule has 0 spiro atoms. The molecule has 2 fully saturated rings. The van der Waals surface area contributed by atoms with Crippen LogP contribution in [0, 0.1) is 16.2 Å². The fourth-order valence-corrected chi connectivity index (χ4v) is 17.4. The summed E-state index contributed by atoms with van der Waals surface area (Å²) in [6, 6.07) is -0.0739. The number of nitrogens with zero attached hydrogens (tertiary/aromatic N) is 4. The van der Waals surface area contributed by atoms with Crippen molar-refractivity contribution in [2.75, 3.05) is 85.5 Å². The number of phenolic OH excluding ortho intramolecular Hbond substituents is 2. The standard InChI is InChI=1S/C88H134N30O19S2/c1-116(2)88(117(3)4)115-61(22-11-39-101-85(95)96)75(128)110-65(46-51-24-29-52-15-5-6-16-53(52)43-51)78(131)114-67-48-139-138-47-66(79(132)104-56(70(90)123)18-9-37-99-83(91)92)113-74(127)60(21-13-41-103-87(98)137)106-72(125)58(19-10-38-100-84(93)94)108-77(130)64(45-50-27-32-55(120)33-28-50)112-81(134)68-23-14-42-118(68)82(135)62(34-35-69(121)122)109-73(126)57(17-7-8-36-89)105-71(124)59(20-12-40-102-86(97)136)107-76(129)63(111-80(67)133)44-49-25-30-54(119)31-26-49/h5-6,15-16,24-33,43,56-68,119-120H,7-14,17-23,34-42,44-48,89H2,1-4H3,(H2,90,123)(H,104,132)(H,105,124)(H,106,125)(H,107,129)(H,108,130)(H,109,126)(H,110,128)(H,111,133)(H,112,134)(H,113,127)(H,114,131)(H,121,122)(H4,91,92,99)(H4,93,94,100)(H4,95,96,101)(H3,97,102,136)(H3,98,103,137)/t56-,57-,58-,59-,60-,61-,62+,63-,64-,65-,66-,67-,68-/m0/s1. The van der Waals surface area contributed by atoms with Crippen LogP contribution in [-0.2, 0) is 86.4 Å². The molecular weight excluding hydrogens is 1850 g/mol. The van der Waals surface area contributed by atoms with Crippen LogP contribution < -0.4 is 125 Å². The molecule has 0 saturated carbocycles. The number of amides is 17. The number of nitrogens with two attached hydrogens (primary N) is 7. The number of nitrogens with one attached hydrogen (secondary N) is 19. The molecular formula is C88H134N30O19S2. The first-order valence-corrected chi connectivity index (χ1v) is 48.0. The van der Waals surface area contributed by atoms with Crippen LogP contribution in [0.3, 0.4) is 0 Å². The highest BCUT2D eigenvalue weighted by Crippen LogP contribution is 2.27. The third-order valence-electron chi connectivity index (χ3n) is 22.2. The minimum Gasteiger partial charge on any atom is -0.508 e. The number of phenols is 2. The predicted molar refractivity (Wildman–Crippen MR) is 521 cm³/mol. The average molecular weight is 1980 g/mol.